The number of rotatable bonds is 4. The first-order valence-corrected chi connectivity index (χ1v) is 11.4. The van der Waals surface area contributed by atoms with Crippen molar-refractivity contribution in [1.29, 1.82) is 0 Å². The maximum absolute atomic E-state index is 13.2. The van der Waals surface area contributed by atoms with E-state index in [0.717, 1.165) is 24.7 Å². The number of halogens is 3. The molecule has 152 valence electrons. The molecule has 0 radical (unpaired) electrons. The van der Waals surface area contributed by atoms with Crippen LogP contribution in [0.3, 0.4) is 0 Å². The van der Waals surface area contributed by atoms with Gasteiger partial charge in [-0.1, -0.05) is 36.7 Å². The van der Waals surface area contributed by atoms with Gasteiger partial charge in [0.25, 0.3) is 5.56 Å². The van der Waals surface area contributed by atoms with Crippen molar-refractivity contribution in [2.75, 3.05) is 6.61 Å². The zero-order chi connectivity index (χ0) is 21.3. The fourth-order valence-corrected chi connectivity index (χ4v) is 4.61. The van der Waals surface area contributed by atoms with E-state index in [1.807, 2.05) is 52.0 Å². The lowest BCUT2D eigenvalue weighted by atomic mass is 9.95. The topological polar surface area (TPSA) is 56.5 Å². The van der Waals surface area contributed by atoms with E-state index in [1.54, 1.807) is 12.3 Å². The first kappa shape index (κ1) is 22.2. The Kier molecular flexibility index (Phi) is 6.65. The SMILES string of the molecule is CCOc1c(Br)cc(C=Nn2c(C(C)(C)C)nc3ccc(Br)cc3c2=O)cc1Br. The number of fused-ring (bicyclic) bond motifs is 1. The molecule has 5 nitrogen and oxygen atoms in total. The summed E-state index contributed by atoms with van der Waals surface area (Å²) in [6, 6.07) is 9.28. The van der Waals surface area contributed by atoms with Crippen LogP contribution in [-0.2, 0) is 5.41 Å². The minimum atomic E-state index is -0.363. The van der Waals surface area contributed by atoms with Crippen LogP contribution in [0, 0.1) is 0 Å². The minimum Gasteiger partial charge on any atom is -0.492 e. The smallest absolute Gasteiger partial charge is 0.282 e. The third-order valence-electron chi connectivity index (χ3n) is 4.11. The lowest BCUT2D eigenvalue weighted by molar-refractivity contribution is 0.336. The summed E-state index contributed by atoms with van der Waals surface area (Å²) in [4.78, 5) is 17.9. The van der Waals surface area contributed by atoms with E-state index in [9.17, 15) is 4.79 Å². The minimum absolute atomic E-state index is 0.207. The number of nitrogens with zero attached hydrogens (tertiary/aromatic N) is 3. The molecule has 0 saturated carbocycles. The molecule has 3 aromatic rings. The van der Waals surface area contributed by atoms with Crippen molar-refractivity contribution in [3.8, 4) is 5.75 Å². The van der Waals surface area contributed by atoms with E-state index in [0.29, 0.717) is 23.3 Å². The highest BCUT2D eigenvalue weighted by molar-refractivity contribution is 9.11. The Hall–Kier alpha value is -1.51. The first-order chi connectivity index (χ1) is 13.6. The van der Waals surface area contributed by atoms with Gasteiger partial charge in [-0.15, -0.1) is 0 Å². The molecule has 0 atom stereocenters. The van der Waals surface area contributed by atoms with Gasteiger partial charge in [0.05, 0.1) is 32.7 Å². The number of hydrogen-bond donors (Lipinski definition) is 0. The standard InChI is InChI=1S/C21H20Br3N3O2/c1-5-29-18-15(23)8-12(9-16(18)24)11-25-27-19(28)14-10-13(22)6-7-17(14)26-20(27)21(2,3)4/h6-11H,5H2,1-4H3. The van der Waals surface area contributed by atoms with Crippen LogP contribution in [0.5, 0.6) is 5.75 Å². The van der Waals surface area contributed by atoms with Crippen LogP contribution in [0.15, 0.2) is 53.6 Å². The molecule has 0 fully saturated rings. The summed E-state index contributed by atoms with van der Waals surface area (Å²) >= 11 is 10.5. The van der Waals surface area contributed by atoms with Crippen molar-refractivity contribution >= 4 is 64.9 Å². The third-order valence-corrected chi connectivity index (χ3v) is 5.78. The zero-order valence-corrected chi connectivity index (χ0v) is 21.2. The Morgan fingerprint density at radius 2 is 1.79 bits per heavy atom. The molecule has 0 saturated heterocycles. The van der Waals surface area contributed by atoms with Crippen molar-refractivity contribution in [3.05, 3.63) is 65.5 Å². The Morgan fingerprint density at radius 3 is 2.38 bits per heavy atom. The summed E-state index contributed by atoms with van der Waals surface area (Å²) in [5.41, 5.74) is 0.897. The van der Waals surface area contributed by atoms with Crippen molar-refractivity contribution in [1.82, 2.24) is 9.66 Å². The molecule has 3 rings (SSSR count). The van der Waals surface area contributed by atoms with Crippen LogP contribution in [-0.4, -0.2) is 22.5 Å². The molecule has 0 aliphatic carbocycles. The number of ether oxygens (including phenoxy) is 1. The van der Waals surface area contributed by atoms with Gasteiger partial charge in [-0.05, 0) is 74.7 Å². The van der Waals surface area contributed by atoms with E-state index >= 15 is 0 Å². The summed E-state index contributed by atoms with van der Waals surface area (Å²) in [6.07, 6.45) is 1.65. The lowest BCUT2D eigenvalue weighted by Gasteiger charge is -2.20. The molecule has 0 aliphatic heterocycles. The zero-order valence-electron chi connectivity index (χ0n) is 16.5. The quantitative estimate of drug-likeness (QED) is 0.340. The van der Waals surface area contributed by atoms with Crippen molar-refractivity contribution in [2.45, 2.75) is 33.1 Å². The fourth-order valence-electron chi connectivity index (χ4n) is 2.80. The fraction of sp³-hybridized carbons (Fsp3) is 0.286. The Morgan fingerprint density at radius 1 is 1.14 bits per heavy atom. The second-order valence-corrected chi connectivity index (χ2v) is 10.1. The summed E-state index contributed by atoms with van der Waals surface area (Å²) < 4.78 is 9.43. The summed E-state index contributed by atoms with van der Waals surface area (Å²) in [5, 5.41) is 5.01. The van der Waals surface area contributed by atoms with Gasteiger partial charge < -0.3 is 4.74 Å². The monoisotopic (exact) mass is 583 g/mol. The average molecular weight is 586 g/mol. The van der Waals surface area contributed by atoms with Crippen LogP contribution in [0.2, 0.25) is 0 Å². The molecule has 8 heteroatoms. The second kappa shape index (κ2) is 8.70. The second-order valence-electron chi connectivity index (χ2n) is 7.46. The summed E-state index contributed by atoms with van der Waals surface area (Å²) in [5.74, 6) is 1.33. The molecule has 2 aromatic carbocycles. The van der Waals surface area contributed by atoms with E-state index < -0.39 is 0 Å². The van der Waals surface area contributed by atoms with Gasteiger partial charge in [-0.25, -0.2) is 4.98 Å². The highest BCUT2D eigenvalue weighted by Gasteiger charge is 2.23. The molecule has 1 heterocycles. The van der Waals surface area contributed by atoms with Gasteiger partial charge in [-0.3, -0.25) is 4.79 Å². The van der Waals surface area contributed by atoms with Gasteiger partial charge in [-0.2, -0.15) is 9.78 Å². The van der Waals surface area contributed by atoms with Gasteiger partial charge in [0, 0.05) is 9.89 Å². The molecule has 0 amide bonds. The highest BCUT2D eigenvalue weighted by Crippen LogP contribution is 2.34. The first-order valence-electron chi connectivity index (χ1n) is 9.01. The van der Waals surface area contributed by atoms with Crippen LogP contribution in [0.25, 0.3) is 10.9 Å². The van der Waals surface area contributed by atoms with Crippen molar-refractivity contribution in [3.63, 3.8) is 0 Å². The van der Waals surface area contributed by atoms with Crippen molar-refractivity contribution < 1.29 is 4.74 Å². The van der Waals surface area contributed by atoms with Gasteiger partial charge in [0.1, 0.15) is 11.6 Å². The summed E-state index contributed by atoms with van der Waals surface area (Å²) in [7, 11) is 0. The van der Waals surface area contributed by atoms with Gasteiger partial charge in [0.15, 0.2) is 0 Å². The number of aromatic nitrogens is 2. The largest absolute Gasteiger partial charge is 0.492 e. The van der Waals surface area contributed by atoms with E-state index in [2.05, 4.69) is 52.9 Å². The lowest BCUT2D eigenvalue weighted by Crippen LogP contribution is -2.29. The maximum atomic E-state index is 13.2. The molecule has 1 aromatic heterocycles. The molecule has 29 heavy (non-hydrogen) atoms. The molecular weight excluding hydrogens is 566 g/mol. The number of hydrogen-bond acceptors (Lipinski definition) is 4. The molecule has 0 N–H and O–H groups in total. The maximum Gasteiger partial charge on any atom is 0.282 e. The van der Waals surface area contributed by atoms with E-state index in [1.165, 1.54) is 4.68 Å². The highest BCUT2D eigenvalue weighted by atomic mass is 79.9. The van der Waals surface area contributed by atoms with Crippen LogP contribution < -0.4 is 10.3 Å². The predicted molar refractivity (Wildman–Crippen MR) is 128 cm³/mol. The third kappa shape index (κ3) is 4.81. The van der Waals surface area contributed by atoms with Gasteiger partial charge >= 0.3 is 0 Å². The normalized spacial score (nSPS) is 12.1. The molecule has 0 unspecified atom stereocenters. The predicted octanol–water partition coefficient (Wildman–Crippen LogP) is 6.26. The molecule has 0 aliphatic rings. The Balaban J connectivity index is 2.16. The van der Waals surface area contributed by atoms with E-state index in [-0.39, 0.29) is 11.0 Å². The van der Waals surface area contributed by atoms with Crippen molar-refractivity contribution in [2.24, 2.45) is 5.10 Å². The average Bonchev–Trinajstić information content (AvgIpc) is 2.63. The summed E-state index contributed by atoms with van der Waals surface area (Å²) in [6.45, 7) is 8.52. The van der Waals surface area contributed by atoms with E-state index in [4.69, 9.17) is 9.72 Å². The van der Waals surface area contributed by atoms with Crippen LogP contribution >= 0.6 is 47.8 Å². The van der Waals surface area contributed by atoms with Crippen LogP contribution in [0.4, 0.5) is 0 Å². The molecular formula is C21H20Br3N3O2. The van der Waals surface area contributed by atoms with Crippen LogP contribution in [0.1, 0.15) is 39.1 Å². The molecule has 0 spiro atoms. The Bertz CT molecular complexity index is 1140. The number of benzene rings is 2. The van der Waals surface area contributed by atoms with Gasteiger partial charge in [0.2, 0.25) is 0 Å². The molecule has 0 bridgehead atoms. The Labute approximate surface area is 194 Å².